The van der Waals surface area contributed by atoms with E-state index in [1.54, 1.807) is 0 Å². The van der Waals surface area contributed by atoms with Crippen molar-refractivity contribution in [3.05, 3.63) is 29.8 Å². The van der Waals surface area contributed by atoms with E-state index < -0.39 is 19.1 Å². The van der Waals surface area contributed by atoms with Gasteiger partial charge in [0.05, 0.1) is 5.56 Å². The Labute approximate surface area is 84.1 Å². The quantitative estimate of drug-likeness (QED) is 0.658. The van der Waals surface area contributed by atoms with E-state index in [1.807, 2.05) is 0 Å². The third kappa shape index (κ3) is 4.19. The van der Waals surface area contributed by atoms with Gasteiger partial charge in [-0.3, -0.25) is 0 Å². The lowest BCUT2D eigenvalue weighted by molar-refractivity contribution is -0.137. The molecule has 0 amide bonds. The predicted molar refractivity (Wildman–Crippen MR) is 47.3 cm³/mol. The molecule has 1 aromatic rings. The van der Waals surface area contributed by atoms with Crippen molar-refractivity contribution in [2.45, 2.75) is 6.18 Å². The van der Waals surface area contributed by atoms with Crippen molar-refractivity contribution in [2.75, 3.05) is 0 Å². The van der Waals surface area contributed by atoms with Gasteiger partial charge in [0.1, 0.15) is 5.75 Å². The monoisotopic (exact) mass is 223 g/mol. The fraction of sp³-hybridized carbons (Fsp3) is 0.143. The van der Waals surface area contributed by atoms with Crippen LogP contribution in [0.2, 0.25) is 0 Å². The lowest BCUT2D eigenvalue weighted by atomic mass is 10.2. The summed E-state index contributed by atoms with van der Waals surface area (Å²) in [6, 6.07) is 3.58. The van der Waals surface area contributed by atoms with E-state index in [0.717, 1.165) is 24.3 Å². The van der Waals surface area contributed by atoms with Gasteiger partial charge in [-0.15, -0.1) is 0 Å². The van der Waals surface area contributed by atoms with Gasteiger partial charge in [-0.1, -0.05) is 0 Å². The number of hydrogen-bond donors (Lipinski definition) is 3. The number of benzene rings is 1. The summed E-state index contributed by atoms with van der Waals surface area (Å²) < 4.78 is 40.5. The zero-order chi connectivity index (χ0) is 10.8. The van der Waals surface area contributed by atoms with Crippen LogP contribution >= 0.6 is 0 Å². The Kier molecular flexibility index (Phi) is 4.59. The molecular formula is C7H9BF3NO3. The topological polar surface area (TPSA) is 84.7 Å². The van der Waals surface area contributed by atoms with Crippen molar-refractivity contribution < 1.29 is 27.9 Å². The van der Waals surface area contributed by atoms with Crippen LogP contribution < -0.4 is 10.8 Å². The second-order valence-electron chi connectivity index (χ2n) is 2.47. The van der Waals surface area contributed by atoms with Crippen molar-refractivity contribution in [1.82, 2.24) is 6.15 Å². The van der Waals surface area contributed by atoms with Crippen LogP contribution in [-0.2, 0) is 6.18 Å². The molecule has 0 aromatic heterocycles. The minimum atomic E-state index is -4.41. The van der Waals surface area contributed by atoms with Crippen molar-refractivity contribution in [2.24, 2.45) is 0 Å². The molecule has 84 valence electrons. The van der Waals surface area contributed by atoms with Gasteiger partial charge in [-0.25, -0.2) is 0 Å². The summed E-state index contributed by atoms with van der Waals surface area (Å²) in [6.07, 6.45) is -4.41. The summed E-state index contributed by atoms with van der Waals surface area (Å²) >= 11 is 0. The first-order valence-corrected chi connectivity index (χ1v) is 3.59. The molecule has 0 aliphatic carbocycles. The van der Waals surface area contributed by atoms with E-state index in [1.165, 1.54) is 0 Å². The fourth-order valence-electron chi connectivity index (χ4n) is 0.844. The molecule has 0 spiro atoms. The summed E-state index contributed by atoms with van der Waals surface area (Å²) in [4.78, 5) is 0. The average Bonchev–Trinajstić information content (AvgIpc) is 2.02. The summed E-state index contributed by atoms with van der Waals surface area (Å²) in [5, 5.41) is 16.7. The molecule has 0 fully saturated rings. The Morgan fingerprint density at radius 2 is 1.53 bits per heavy atom. The van der Waals surface area contributed by atoms with Crippen LogP contribution in [0, 0.1) is 0 Å². The van der Waals surface area contributed by atoms with E-state index in [0.29, 0.717) is 0 Å². The molecular weight excluding hydrogens is 214 g/mol. The summed E-state index contributed by atoms with van der Waals surface area (Å²) in [5.74, 6) is -0.0481. The Bertz CT molecular complexity index is 301. The summed E-state index contributed by atoms with van der Waals surface area (Å²) in [7, 11) is -2.04. The molecule has 0 saturated heterocycles. The second kappa shape index (κ2) is 5.01. The van der Waals surface area contributed by atoms with E-state index in [2.05, 4.69) is 4.65 Å². The molecule has 0 unspecified atom stereocenters. The molecule has 0 heterocycles. The largest absolute Gasteiger partial charge is 0.707 e. The third-order valence-electron chi connectivity index (χ3n) is 1.42. The van der Waals surface area contributed by atoms with E-state index in [9.17, 15) is 13.2 Å². The molecule has 4 nitrogen and oxygen atoms in total. The maximum absolute atomic E-state index is 12.0. The molecule has 0 aliphatic heterocycles. The van der Waals surface area contributed by atoms with Crippen LogP contribution in [0.4, 0.5) is 13.2 Å². The number of rotatable bonds is 2. The maximum atomic E-state index is 12.0. The van der Waals surface area contributed by atoms with E-state index in [-0.39, 0.29) is 11.9 Å². The smallest absolute Gasteiger partial charge is 0.512 e. The summed E-state index contributed by atoms with van der Waals surface area (Å²) in [5.41, 5.74) is -0.822. The van der Waals surface area contributed by atoms with Gasteiger partial charge < -0.3 is 20.9 Å². The van der Waals surface area contributed by atoms with Crippen LogP contribution in [0.5, 0.6) is 5.75 Å². The van der Waals surface area contributed by atoms with Gasteiger partial charge in [0.15, 0.2) is 0 Å². The standard InChI is InChI=1S/C7H6BF3O3.H3N/c9-7(10,11)5-1-3-6(4-2-5)14-8(12)13;/h1-4,12-13H;1H3. The zero-order valence-corrected chi connectivity index (χ0v) is 7.53. The Morgan fingerprint density at radius 1 is 1.07 bits per heavy atom. The minimum Gasteiger partial charge on any atom is -0.512 e. The first kappa shape index (κ1) is 13.8. The van der Waals surface area contributed by atoms with Gasteiger partial charge in [0, 0.05) is 0 Å². The molecule has 8 heteroatoms. The van der Waals surface area contributed by atoms with Gasteiger partial charge in [0.2, 0.25) is 0 Å². The molecule has 0 bridgehead atoms. The van der Waals surface area contributed by atoms with E-state index in [4.69, 9.17) is 10.0 Å². The lowest BCUT2D eigenvalue weighted by Crippen LogP contribution is -2.20. The van der Waals surface area contributed by atoms with Crippen LogP contribution in [0.3, 0.4) is 0 Å². The van der Waals surface area contributed by atoms with Gasteiger partial charge in [-0.2, -0.15) is 13.2 Å². The van der Waals surface area contributed by atoms with Crippen molar-refractivity contribution in [3.8, 4) is 5.75 Å². The number of alkyl halides is 3. The first-order chi connectivity index (χ1) is 6.39. The Balaban J connectivity index is 0.00000196. The molecule has 1 aromatic carbocycles. The molecule has 15 heavy (non-hydrogen) atoms. The highest BCUT2D eigenvalue weighted by Gasteiger charge is 2.30. The molecule has 0 radical (unpaired) electrons. The van der Waals surface area contributed by atoms with Crippen LogP contribution in [0.1, 0.15) is 5.56 Å². The SMILES string of the molecule is N.OB(O)Oc1ccc(C(F)(F)F)cc1. The third-order valence-corrected chi connectivity index (χ3v) is 1.42. The molecule has 0 atom stereocenters. The number of halogens is 3. The van der Waals surface area contributed by atoms with Gasteiger partial charge in [-0.05, 0) is 24.3 Å². The minimum absolute atomic E-state index is 0. The lowest BCUT2D eigenvalue weighted by Gasteiger charge is -2.08. The second-order valence-corrected chi connectivity index (χ2v) is 2.47. The van der Waals surface area contributed by atoms with Crippen LogP contribution in [0.25, 0.3) is 0 Å². The maximum Gasteiger partial charge on any atom is 0.707 e. The molecule has 0 aliphatic rings. The zero-order valence-electron chi connectivity index (χ0n) is 7.53. The Morgan fingerprint density at radius 3 is 1.87 bits per heavy atom. The van der Waals surface area contributed by atoms with Crippen molar-refractivity contribution in [1.29, 1.82) is 0 Å². The summed E-state index contributed by atoms with van der Waals surface area (Å²) in [6.45, 7) is 0. The highest BCUT2D eigenvalue weighted by atomic mass is 19.4. The highest BCUT2D eigenvalue weighted by Crippen LogP contribution is 2.30. The Hall–Kier alpha value is -1.25. The molecule has 1 rings (SSSR count). The van der Waals surface area contributed by atoms with Crippen LogP contribution in [0.15, 0.2) is 24.3 Å². The van der Waals surface area contributed by atoms with Crippen molar-refractivity contribution in [3.63, 3.8) is 0 Å². The van der Waals surface area contributed by atoms with Crippen LogP contribution in [-0.4, -0.2) is 17.4 Å². The van der Waals surface area contributed by atoms with Crippen molar-refractivity contribution >= 4 is 7.32 Å². The normalized spacial score (nSPS) is 10.5. The first-order valence-electron chi connectivity index (χ1n) is 3.59. The fourth-order valence-corrected chi connectivity index (χ4v) is 0.844. The number of hydrogen-bond acceptors (Lipinski definition) is 4. The van der Waals surface area contributed by atoms with E-state index >= 15 is 0 Å². The van der Waals surface area contributed by atoms with Gasteiger partial charge in [0.25, 0.3) is 0 Å². The molecule has 5 N–H and O–H groups in total. The van der Waals surface area contributed by atoms with Gasteiger partial charge >= 0.3 is 13.5 Å². The molecule has 0 saturated carbocycles. The highest BCUT2D eigenvalue weighted by molar-refractivity contribution is 6.33. The average molecular weight is 223 g/mol. The predicted octanol–water partition coefficient (Wildman–Crippen LogP) is 1.22.